The lowest BCUT2D eigenvalue weighted by Crippen LogP contribution is -2.14. The van der Waals surface area contributed by atoms with Gasteiger partial charge in [0.2, 0.25) is 0 Å². The molecule has 2 N–H and O–H groups in total. The van der Waals surface area contributed by atoms with Crippen LogP contribution in [0.5, 0.6) is 0 Å². The Bertz CT molecular complexity index is 796. The molecule has 1 aromatic rings. The first kappa shape index (κ1) is 15.0. The predicted octanol–water partition coefficient (Wildman–Crippen LogP) is 4.18. The third kappa shape index (κ3) is 3.16. The highest BCUT2D eigenvalue weighted by molar-refractivity contribution is 6.12. The van der Waals surface area contributed by atoms with Crippen molar-refractivity contribution >= 4 is 17.4 Å². The van der Waals surface area contributed by atoms with Crippen molar-refractivity contribution in [2.24, 2.45) is 0 Å². The zero-order valence-electron chi connectivity index (χ0n) is 13.3. The summed E-state index contributed by atoms with van der Waals surface area (Å²) in [5.74, 6) is 0.469. The van der Waals surface area contributed by atoms with Crippen LogP contribution in [0.3, 0.4) is 0 Å². The van der Waals surface area contributed by atoms with Gasteiger partial charge < -0.3 is 10.6 Å². The maximum Gasteiger partial charge on any atom is 0.260 e. The highest BCUT2D eigenvalue weighted by Crippen LogP contribution is 2.31. The Morgan fingerprint density at radius 1 is 1.04 bits per heavy atom. The largest absolute Gasteiger partial charge is 0.370 e. The Kier molecular flexibility index (Phi) is 4.24. The van der Waals surface area contributed by atoms with E-state index in [4.69, 9.17) is 0 Å². The van der Waals surface area contributed by atoms with E-state index in [1.807, 2.05) is 68.4 Å². The summed E-state index contributed by atoms with van der Waals surface area (Å²) < 4.78 is 0. The second kappa shape index (κ2) is 6.48. The van der Waals surface area contributed by atoms with Crippen LogP contribution in [0.25, 0.3) is 11.3 Å². The number of benzene rings is 1. The Balaban J connectivity index is 1.99. The molecule has 1 aliphatic heterocycles. The minimum Gasteiger partial charge on any atom is -0.370 e. The Morgan fingerprint density at radius 2 is 1.78 bits per heavy atom. The molecule has 1 amide bonds. The van der Waals surface area contributed by atoms with Gasteiger partial charge in [-0.15, -0.1) is 0 Å². The number of aryl methyl sites for hydroxylation is 1. The zero-order chi connectivity index (χ0) is 16.2. The van der Waals surface area contributed by atoms with E-state index >= 15 is 0 Å². The minimum atomic E-state index is -0.154. The molecule has 0 spiro atoms. The summed E-state index contributed by atoms with van der Waals surface area (Å²) in [6.07, 6.45) is 0. The van der Waals surface area contributed by atoms with Gasteiger partial charge in [-0.05, 0) is 32.0 Å². The fourth-order valence-electron chi connectivity index (χ4n) is 2.51. The van der Waals surface area contributed by atoms with Crippen molar-refractivity contribution in [1.82, 2.24) is 4.98 Å². The van der Waals surface area contributed by atoms with Gasteiger partial charge in [0.05, 0.1) is 11.3 Å². The predicted molar refractivity (Wildman–Crippen MR) is 94.2 cm³/mol. The fraction of sp³-hybridized carbons (Fsp3) is 0.158. The normalized spacial score (nSPS) is 10.5. The molecule has 1 aromatic carbocycles. The number of hydrogen-bond acceptors (Lipinski definition) is 3. The van der Waals surface area contributed by atoms with E-state index in [0.29, 0.717) is 17.9 Å². The third-order valence-corrected chi connectivity index (χ3v) is 3.63. The van der Waals surface area contributed by atoms with Crippen molar-refractivity contribution in [1.29, 1.82) is 0 Å². The minimum absolute atomic E-state index is 0.154. The molecule has 1 heterocycles. The van der Waals surface area contributed by atoms with Crippen LogP contribution >= 0.6 is 0 Å². The van der Waals surface area contributed by atoms with Crippen LogP contribution in [0.4, 0.5) is 11.5 Å². The zero-order valence-corrected chi connectivity index (χ0v) is 13.3. The summed E-state index contributed by atoms with van der Waals surface area (Å²) in [6, 6.07) is 17.4. The van der Waals surface area contributed by atoms with E-state index in [1.54, 1.807) is 0 Å². The van der Waals surface area contributed by atoms with Crippen LogP contribution in [-0.4, -0.2) is 17.4 Å². The van der Waals surface area contributed by atoms with Gasteiger partial charge in [-0.3, -0.25) is 4.79 Å². The van der Waals surface area contributed by atoms with E-state index < -0.39 is 0 Å². The molecule has 0 saturated heterocycles. The summed E-state index contributed by atoms with van der Waals surface area (Å²) >= 11 is 0. The van der Waals surface area contributed by atoms with Crippen LogP contribution in [0.15, 0.2) is 54.6 Å². The molecule has 1 aliphatic carbocycles. The molecule has 4 nitrogen and oxygen atoms in total. The summed E-state index contributed by atoms with van der Waals surface area (Å²) in [6.45, 7) is 4.71. The maximum atomic E-state index is 12.8. The number of rotatable bonds is 4. The van der Waals surface area contributed by atoms with Gasteiger partial charge in [0.25, 0.3) is 5.91 Å². The third-order valence-electron chi connectivity index (χ3n) is 3.63. The monoisotopic (exact) mass is 305 g/mol. The summed E-state index contributed by atoms with van der Waals surface area (Å²) in [4.78, 5) is 17.3. The Hall–Kier alpha value is -2.88. The molecule has 23 heavy (non-hydrogen) atoms. The number of nitrogens with zero attached hydrogens (tertiary/aromatic N) is 1. The highest BCUT2D eigenvalue weighted by Gasteiger charge is 2.22. The lowest BCUT2D eigenvalue weighted by atomic mass is 10.1. The molecule has 0 fully saturated rings. The van der Waals surface area contributed by atoms with Gasteiger partial charge in [0.15, 0.2) is 0 Å². The lowest BCUT2D eigenvalue weighted by Gasteiger charge is -2.08. The topological polar surface area (TPSA) is 54.0 Å². The SMILES string of the molecule is CCNc1nc2cccccc-2c1C(=O)Nc1ccc(C)cc1. The van der Waals surface area contributed by atoms with Gasteiger partial charge in [-0.2, -0.15) is 0 Å². The van der Waals surface area contributed by atoms with E-state index in [9.17, 15) is 4.79 Å². The summed E-state index contributed by atoms with van der Waals surface area (Å²) in [7, 11) is 0. The maximum absolute atomic E-state index is 12.8. The van der Waals surface area contributed by atoms with Crippen LogP contribution in [-0.2, 0) is 0 Å². The molecule has 116 valence electrons. The molecule has 2 aliphatic rings. The second-order valence-electron chi connectivity index (χ2n) is 5.40. The number of aromatic nitrogens is 1. The lowest BCUT2D eigenvalue weighted by molar-refractivity contribution is 0.102. The molecule has 0 unspecified atom stereocenters. The Labute approximate surface area is 135 Å². The summed E-state index contributed by atoms with van der Waals surface area (Å²) in [5, 5.41) is 6.13. The molecular formula is C19H19N3O. The van der Waals surface area contributed by atoms with Crippen LogP contribution in [0, 0.1) is 6.92 Å². The average molecular weight is 305 g/mol. The van der Waals surface area contributed by atoms with Crippen LogP contribution < -0.4 is 10.6 Å². The van der Waals surface area contributed by atoms with E-state index in [2.05, 4.69) is 15.6 Å². The number of carbonyl (C=O) groups is 1. The molecular weight excluding hydrogens is 286 g/mol. The molecule has 0 saturated carbocycles. The van der Waals surface area contributed by atoms with E-state index in [0.717, 1.165) is 22.5 Å². The second-order valence-corrected chi connectivity index (χ2v) is 5.40. The number of hydrogen-bond donors (Lipinski definition) is 2. The first-order chi connectivity index (χ1) is 11.2. The van der Waals surface area contributed by atoms with Crippen molar-refractivity contribution < 1.29 is 4.79 Å². The first-order valence-electron chi connectivity index (χ1n) is 7.69. The van der Waals surface area contributed by atoms with Crippen LogP contribution in [0.1, 0.15) is 22.8 Å². The van der Waals surface area contributed by atoms with Crippen molar-refractivity contribution in [3.8, 4) is 11.3 Å². The Morgan fingerprint density at radius 3 is 2.52 bits per heavy atom. The fourth-order valence-corrected chi connectivity index (χ4v) is 2.51. The number of amides is 1. The van der Waals surface area contributed by atoms with E-state index in [-0.39, 0.29) is 5.91 Å². The van der Waals surface area contributed by atoms with Gasteiger partial charge in [0.1, 0.15) is 5.82 Å². The average Bonchev–Trinajstić information content (AvgIpc) is 2.72. The van der Waals surface area contributed by atoms with Gasteiger partial charge in [0, 0.05) is 17.8 Å². The van der Waals surface area contributed by atoms with Crippen molar-refractivity contribution in [2.75, 3.05) is 17.2 Å². The van der Waals surface area contributed by atoms with E-state index in [1.165, 1.54) is 0 Å². The molecule has 0 atom stereocenters. The quantitative estimate of drug-likeness (QED) is 0.760. The highest BCUT2D eigenvalue weighted by atomic mass is 16.1. The van der Waals surface area contributed by atoms with Crippen molar-refractivity contribution in [3.05, 3.63) is 65.7 Å². The number of nitrogens with one attached hydrogen (secondary N) is 2. The molecule has 3 rings (SSSR count). The van der Waals surface area contributed by atoms with Gasteiger partial charge in [-0.1, -0.05) is 42.0 Å². The first-order valence-corrected chi connectivity index (χ1v) is 7.69. The smallest absolute Gasteiger partial charge is 0.260 e. The van der Waals surface area contributed by atoms with Crippen LogP contribution in [0.2, 0.25) is 0 Å². The van der Waals surface area contributed by atoms with Gasteiger partial charge in [-0.25, -0.2) is 4.98 Å². The number of carbonyl (C=O) groups excluding carboxylic acids is 1. The number of anilines is 2. The molecule has 0 radical (unpaired) electrons. The van der Waals surface area contributed by atoms with Crippen molar-refractivity contribution in [2.45, 2.75) is 13.8 Å². The summed E-state index contributed by atoms with van der Waals surface area (Å²) in [5.41, 5.74) is 4.16. The van der Waals surface area contributed by atoms with Crippen molar-refractivity contribution in [3.63, 3.8) is 0 Å². The molecule has 0 bridgehead atoms. The van der Waals surface area contributed by atoms with Gasteiger partial charge >= 0.3 is 0 Å². The molecule has 0 aromatic heterocycles. The molecule has 4 heteroatoms. The standard InChI is InChI=1S/C19H19N3O/c1-3-20-18-17(15-7-5-4-6-8-16(15)22-18)19(23)21-14-11-9-13(2)10-12-14/h4-12H,3H2,1-2H3,(H,20,22)(H,21,23). The number of fused-ring (bicyclic) bond motifs is 1.